The molecular weight excluding hydrogens is 222 g/mol. The molecule has 2 heterocycles. The number of aromatic nitrogens is 1. The molecule has 18 heavy (non-hydrogen) atoms. The third-order valence-corrected chi connectivity index (χ3v) is 3.59. The van der Waals surface area contributed by atoms with Gasteiger partial charge in [-0.05, 0) is 43.5 Å². The van der Waals surface area contributed by atoms with Crippen molar-refractivity contribution < 1.29 is 0 Å². The summed E-state index contributed by atoms with van der Waals surface area (Å²) in [4.78, 5) is 7.22. The Bertz CT molecular complexity index is 550. The summed E-state index contributed by atoms with van der Waals surface area (Å²) in [7, 11) is 0. The Morgan fingerprint density at radius 3 is 3.06 bits per heavy atom. The molecule has 0 amide bonds. The number of aryl methyl sites for hydroxylation is 1. The van der Waals surface area contributed by atoms with Crippen LogP contribution >= 0.6 is 0 Å². The van der Waals surface area contributed by atoms with Crippen LogP contribution in [0.1, 0.15) is 18.4 Å². The molecule has 0 aliphatic carbocycles. The number of nitrogens with zero attached hydrogens (tertiary/aromatic N) is 2. The van der Waals surface area contributed by atoms with Gasteiger partial charge in [0, 0.05) is 18.5 Å². The lowest BCUT2D eigenvalue weighted by Gasteiger charge is -2.30. The summed E-state index contributed by atoms with van der Waals surface area (Å²) in [6, 6.07) is 10.7. The number of nitrogens with two attached hydrogens (primary N) is 1. The number of anilines is 1. The maximum atomic E-state index is 5.61. The Balaban J connectivity index is 2.02. The minimum absolute atomic E-state index is 0.749. The van der Waals surface area contributed by atoms with Gasteiger partial charge >= 0.3 is 0 Å². The van der Waals surface area contributed by atoms with E-state index in [1.165, 1.54) is 23.2 Å². The second-order valence-corrected chi connectivity index (χ2v) is 4.90. The van der Waals surface area contributed by atoms with Crippen LogP contribution in [0.15, 0.2) is 30.3 Å². The summed E-state index contributed by atoms with van der Waals surface area (Å²) in [5.74, 6) is 1.17. The lowest BCUT2D eigenvalue weighted by atomic mass is 10.0. The molecule has 2 aromatic rings. The highest BCUT2D eigenvalue weighted by Gasteiger charge is 2.18. The van der Waals surface area contributed by atoms with Crippen molar-refractivity contribution in [2.24, 2.45) is 5.73 Å². The summed E-state index contributed by atoms with van der Waals surface area (Å²) >= 11 is 0. The second kappa shape index (κ2) is 4.94. The van der Waals surface area contributed by atoms with Crippen LogP contribution in [0.2, 0.25) is 0 Å². The molecule has 3 heteroatoms. The average molecular weight is 241 g/mol. The van der Waals surface area contributed by atoms with Gasteiger partial charge in [0.1, 0.15) is 5.82 Å². The first-order chi connectivity index (χ1) is 8.88. The van der Waals surface area contributed by atoms with Crippen LogP contribution in [0.4, 0.5) is 5.82 Å². The van der Waals surface area contributed by atoms with E-state index in [1.54, 1.807) is 0 Å². The van der Waals surface area contributed by atoms with Crippen LogP contribution in [0.3, 0.4) is 0 Å². The van der Waals surface area contributed by atoms with Crippen LogP contribution in [0.5, 0.6) is 0 Å². The average Bonchev–Trinajstić information content (AvgIpc) is 2.43. The fourth-order valence-electron chi connectivity index (χ4n) is 2.67. The normalized spacial score (nSPS) is 14.8. The number of hydrogen-bond acceptors (Lipinski definition) is 3. The molecule has 3 rings (SSSR count). The summed E-state index contributed by atoms with van der Waals surface area (Å²) in [6.45, 7) is 2.88. The van der Waals surface area contributed by atoms with Crippen molar-refractivity contribution in [1.29, 1.82) is 0 Å². The molecule has 1 aromatic carbocycles. The topological polar surface area (TPSA) is 42.1 Å². The molecule has 0 atom stereocenters. The van der Waals surface area contributed by atoms with E-state index in [9.17, 15) is 0 Å². The van der Waals surface area contributed by atoms with Gasteiger partial charge in [-0.3, -0.25) is 0 Å². The Morgan fingerprint density at radius 2 is 2.17 bits per heavy atom. The third kappa shape index (κ3) is 2.06. The zero-order valence-corrected chi connectivity index (χ0v) is 10.6. The van der Waals surface area contributed by atoms with Crippen molar-refractivity contribution in [1.82, 2.24) is 4.98 Å². The fraction of sp³-hybridized carbons (Fsp3) is 0.400. The third-order valence-electron chi connectivity index (χ3n) is 3.59. The molecule has 0 fully saturated rings. The molecule has 0 saturated carbocycles. The number of para-hydroxylation sites is 1. The van der Waals surface area contributed by atoms with Crippen molar-refractivity contribution in [3.63, 3.8) is 0 Å². The number of rotatable bonds is 3. The largest absolute Gasteiger partial charge is 0.356 e. The van der Waals surface area contributed by atoms with Crippen molar-refractivity contribution in [3.05, 3.63) is 35.9 Å². The van der Waals surface area contributed by atoms with Crippen LogP contribution in [0, 0.1) is 0 Å². The zero-order valence-electron chi connectivity index (χ0n) is 10.6. The van der Waals surface area contributed by atoms with Gasteiger partial charge in [0.2, 0.25) is 0 Å². The van der Waals surface area contributed by atoms with Gasteiger partial charge in [-0.1, -0.05) is 18.2 Å². The fourth-order valence-corrected chi connectivity index (χ4v) is 2.67. The van der Waals surface area contributed by atoms with Gasteiger partial charge in [-0.25, -0.2) is 4.98 Å². The minimum atomic E-state index is 0.749. The van der Waals surface area contributed by atoms with Crippen molar-refractivity contribution in [2.45, 2.75) is 19.3 Å². The quantitative estimate of drug-likeness (QED) is 0.896. The number of hydrogen-bond donors (Lipinski definition) is 1. The minimum Gasteiger partial charge on any atom is -0.356 e. The highest BCUT2D eigenvalue weighted by atomic mass is 15.2. The molecule has 0 saturated heterocycles. The first-order valence-electron chi connectivity index (χ1n) is 6.72. The van der Waals surface area contributed by atoms with Crippen LogP contribution < -0.4 is 10.6 Å². The predicted molar refractivity (Wildman–Crippen MR) is 75.9 cm³/mol. The molecule has 0 bridgehead atoms. The number of fused-ring (bicyclic) bond motifs is 2. The van der Waals surface area contributed by atoms with Crippen LogP contribution in [-0.2, 0) is 6.42 Å². The van der Waals surface area contributed by atoms with Gasteiger partial charge < -0.3 is 10.6 Å². The van der Waals surface area contributed by atoms with E-state index in [4.69, 9.17) is 10.7 Å². The van der Waals surface area contributed by atoms with E-state index in [2.05, 4.69) is 35.2 Å². The Hall–Kier alpha value is -1.61. The molecule has 0 unspecified atom stereocenters. The monoisotopic (exact) mass is 241 g/mol. The van der Waals surface area contributed by atoms with Gasteiger partial charge in [-0.2, -0.15) is 0 Å². The molecule has 0 radical (unpaired) electrons. The van der Waals surface area contributed by atoms with Gasteiger partial charge in [-0.15, -0.1) is 0 Å². The summed E-state index contributed by atoms with van der Waals surface area (Å²) in [6.07, 6.45) is 3.40. The predicted octanol–water partition coefficient (Wildman–Crippen LogP) is 2.34. The highest BCUT2D eigenvalue weighted by Crippen LogP contribution is 2.28. The van der Waals surface area contributed by atoms with E-state index < -0.39 is 0 Å². The van der Waals surface area contributed by atoms with Gasteiger partial charge in [0.25, 0.3) is 0 Å². The summed E-state index contributed by atoms with van der Waals surface area (Å²) in [5, 5.41) is 1.25. The van der Waals surface area contributed by atoms with Crippen molar-refractivity contribution in [2.75, 3.05) is 24.5 Å². The Kier molecular flexibility index (Phi) is 3.15. The standard InChI is InChI=1S/C15H19N3/c16-8-4-10-18-9-3-6-13-11-12-5-1-2-7-14(12)17-15(13)18/h1-2,5,7,11H,3-4,6,8-10,16H2. The maximum Gasteiger partial charge on any atom is 0.132 e. The zero-order chi connectivity index (χ0) is 12.4. The van der Waals surface area contributed by atoms with E-state index in [0.29, 0.717) is 0 Å². The molecule has 1 aliphatic rings. The van der Waals surface area contributed by atoms with Crippen molar-refractivity contribution >= 4 is 16.7 Å². The number of pyridine rings is 1. The molecule has 3 nitrogen and oxygen atoms in total. The molecule has 94 valence electrons. The smallest absolute Gasteiger partial charge is 0.132 e. The highest BCUT2D eigenvalue weighted by molar-refractivity contribution is 5.82. The first kappa shape index (κ1) is 11.5. The molecular formula is C15H19N3. The Labute approximate surface area is 108 Å². The van der Waals surface area contributed by atoms with Crippen LogP contribution in [0.25, 0.3) is 10.9 Å². The molecule has 0 spiro atoms. The van der Waals surface area contributed by atoms with Gasteiger partial charge in [0.15, 0.2) is 0 Å². The van der Waals surface area contributed by atoms with Crippen LogP contribution in [-0.4, -0.2) is 24.6 Å². The molecule has 1 aromatic heterocycles. The van der Waals surface area contributed by atoms with Crippen molar-refractivity contribution in [3.8, 4) is 0 Å². The molecule has 1 aliphatic heterocycles. The lowest BCUT2D eigenvalue weighted by Crippen LogP contribution is -2.32. The van der Waals surface area contributed by atoms with E-state index in [0.717, 1.165) is 38.0 Å². The van der Waals surface area contributed by atoms with E-state index >= 15 is 0 Å². The van der Waals surface area contributed by atoms with E-state index in [-0.39, 0.29) is 0 Å². The second-order valence-electron chi connectivity index (χ2n) is 4.90. The molecule has 2 N–H and O–H groups in total. The number of benzene rings is 1. The summed E-state index contributed by atoms with van der Waals surface area (Å²) in [5.41, 5.74) is 8.09. The Morgan fingerprint density at radius 1 is 1.28 bits per heavy atom. The SMILES string of the molecule is NCCCN1CCCc2cc3ccccc3nc21. The summed E-state index contributed by atoms with van der Waals surface area (Å²) < 4.78 is 0. The van der Waals surface area contributed by atoms with E-state index in [1.807, 2.05) is 0 Å². The lowest BCUT2D eigenvalue weighted by molar-refractivity contribution is 0.660. The first-order valence-corrected chi connectivity index (χ1v) is 6.72. The van der Waals surface area contributed by atoms with Gasteiger partial charge in [0.05, 0.1) is 5.52 Å². The maximum absolute atomic E-state index is 5.61.